The van der Waals surface area contributed by atoms with Crippen LogP contribution in [0.15, 0.2) is 191 Å². The summed E-state index contributed by atoms with van der Waals surface area (Å²) in [5.74, 6) is 0. The molecule has 11 aromatic rings. The van der Waals surface area contributed by atoms with Crippen molar-refractivity contribution >= 4 is 65.7 Å². The van der Waals surface area contributed by atoms with Crippen LogP contribution in [-0.4, -0.2) is 4.57 Å². The van der Waals surface area contributed by atoms with E-state index in [9.17, 15) is 0 Å². The van der Waals surface area contributed by atoms with Gasteiger partial charge in [-0.25, -0.2) is 0 Å². The van der Waals surface area contributed by atoms with Crippen molar-refractivity contribution in [2.75, 3.05) is 0 Å². The zero-order valence-electron chi connectivity index (χ0n) is 30.8. The maximum Gasteiger partial charge on any atom is 0.159 e. The Morgan fingerprint density at radius 2 is 0.877 bits per heavy atom. The smallest absolute Gasteiger partial charge is 0.159 e. The van der Waals surface area contributed by atoms with Crippen LogP contribution in [0.5, 0.6) is 0 Å². The molecule has 3 aromatic heterocycles. The van der Waals surface area contributed by atoms with Crippen LogP contribution in [0.4, 0.5) is 0 Å². The van der Waals surface area contributed by atoms with E-state index in [0.29, 0.717) is 0 Å². The second-order valence-corrected chi connectivity index (χ2v) is 15.0. The summed E-state index contributed by atoms with van der Waals surface area (Å²) in [5.41, 5.74) is 12.6. The Hall–Kier alpha value is -6.96. The molecule has 0 amide bonds. The number of nitrogens with zero attached hydrogens (tertiary/aromatic N) is 1. The molecule has 4 heterocycles. The predicted molar refractivity (Wildman–Crippen MR) is 231 cm³/mol. The third kappa shape index (κ3) is 5.23. The van der Waals surface area contributed by atoms with Gasteiger partial charge in [-0.1, -0.05) is 133 Å². The molecule has 0 radical (unpaired) electrons. The van der Waals surface area contributed by atoms with E-state index >= 15 is 0 Å². The molecule has 0 saturated carbocycles. The minimum Gasteiger partial charge on any atom is -0.456 e. The fraction of sp³-hybridized carbons (Fsp3) is 0.0588. The fourth-order valence-corrected chi connectivity index (χ4v) is 8.99. The number of hydrogen-bond donors (Lipinski definition) is 3. The van der Waals surface area contributed by atoms with Crippen LogP contribution < -0.4 is 16.0 Å². The summed E-state index contributed by atoms with van der Waals surface area (Å²) in [4.78, 5) is 0. The quantitative estimate of drug-likeness (QED) is 0.164. The Kier molecular flexibility index (Phi) is 7.25. The molecule has 0 aliphatic carbocycles. The van der Waals surface area contributed by atoms with Gasteiger partial charge in [0.25, 0.3) is 0 Å². The highest BCUT2D eigenvalue weighted by Crippen LogP contribution is 2.40. The van der Waals surface area contributed by atoms with Crippen LogP contribution in [0.1, 0.15) is 35.2 Å². The number of aromatic nitrogens is 1. The highest BCUT2D eigenvalue weighted by molar-refractivity contribution is 6.13. The first-order chi connectivity index (χ1) is 28.2. The summed E-state index contributed by atoms with van der Waals surface area (Å²) in [6.45, 7) is 0. The van der Waals surface area contributed by atoms with Crippen LogP contribution in [0.3, 0.4) is 0 Å². The Morgan fingerprint density at radius 1 is 0.351 bits per heavy atom. The van der Waals surface area contributed by atoms with E-state index in [1.54, 1.807) is 0 Å². The summed E-state index contributed by atoms with van der Waals surface area (Å²) in [7, 11) is 0. The average Bonchev–Trinajstić information content (AvgIpc) is 3.95. The molecule has 1 fully saturated rings. The molecular weight excluding hydrogens is 701 g/mol. The second-order valence-electron chi connectivity index (χ2n) is 15.0. The maximum atomic E-state index is 6.69. The molecule has 2 unspecified atom stereocenters. The van der Waals surface area contributed by atoms with Gasteiger partial charge in [-0.3, -0.25) is 16.0 Å². The molecule has 3 N–H and O–H groups in total. The topological polar surface area (TPSA) is 67.3 Å². The molecule has 1 aliphatic heterocycles. The van der Waals surface area contributed by atoms with Gasteiger partial charge in [0.15, 0.2) is 5.58 Å². The van der Waals surface area contributed by atoms with Gasteiger partial charge in [-0.2, -0.15) is 0 Å². The van der Waals surface area contributed by atoms with Crippen LogP contribution in [-0.2, 0) is 0 Å². The number of benzene rings is 8. The third-order valence-corrected chi connectivity index (χ3v) is 11.7. The number of hydrogen-bond acceptors (Lipinski definition) is 5. The molecule has 12 rings (SSSR count). The zero-order valence-corrected chi connectivity index (χ0v) is 30.8. The second kappa shape index (κ2) is 12.8. The fourth-order valence-electron chi connectivity index (χ4n) is 8.99. The summed E-state index contributed by atoms with van der Waals surface area (Å²) in [5, 5.41) is 18.2. The van der Waals surface area contributed by atoms with Gasteiger partial charge in [0, 0.05) is 32.3 Å². The summed E-state index contributed by atoms with van der Waals surface area (Å²) in [6, 6.07) is 64.4. The Balaban J connectivity index is 0.914. The molecule has 272 valence electrons. The van der Waals surface area contributed by atoms with Crippen molar-refractivity contribution in [3.8, 4) is 16.8 Å². The number of rotatable bonds is 5. The molecule has 6 heteroatoms. The largest absolute Gasteiger partial charge is 0.456 e. The number of fused-ring (bicyclic) bond motifs is 9. The van der Waals surface area contributed by atoms with Crippen molar-refractivity contribution < 1.29 is 8.83 Å². The lowest BCUT2D eigenvalue weighted by Gasteiger charge is -2.39. The van der Waals surface area contributed by atoms with Gasteiger partial charge in [-0.15, -0.1) is 0 Å². The lowest BCUT2D eigenvalue weighted by Crippen LogP contribution is -2.54. The Labute approximate surface area is 327 Å². The SMILES string of the molecule is c1ccc(C2NC(c3ccccc3)NC(c3ccc4c(c3)oc3ccc(-c5ccc6oc7c(-n8c9ccccc9c9ccccc98)cccc7c6c5)cc34)N2)cc1. The van der Waals surface area contributed by atoms with E-state index in [0.717, 1.165) is 77.3 Å². The molecule has 6 nitrogen and oxygen atoms in total. The maximum absolute atomic E-state index is 6.69. The predicted octanol–water partition coefficient (Wildman–Crippen LogP) is 12.4. The number of para-hydroxylation sites is 3. The molecule has 1 aliphatic rings. The normalized spacial score (nSPS) is 17.4. The minimum absolute atomic E-state index is 0.0403. The Bertz CT molecular complexity index is 3210. The van der Waals surface area contributed by atoms with Gasteiger partial charge >= 0.3 is 0 Å². The molecular formula is C51H36N4O2. The van der Waals surface area contributed by atoms with Gasteiger partial charge in [-0.05, 0) is 76.3 Å². The first-order valence-electron chi connectivity index (χ1n) is 19.5. The van der Waals surface area contributed by atoms with Gasteiger partial charge < -0.3 is 13.4 Å². The van der Waals surface area contributed by atoms with Crippen LogP contribution in [0.2, 0.25) is 0 Å². The standard InChI is InChI=1S/C51H36N4O2/c1-3-12-31(13-4-1)49-52-50(32-14-5-2-6-15-32)54-51(53-49)35-22-25-38-40-28-33(23-26-45(40)56-47(38)30-35)34-24-27-46-41(29-34)39-18-11-21-44(48(39)57-46)55-42-19-9-7-16-36(42)37-17-8-10-20-43(37)55/h1-30,49-54H. The van der Waals surface area contributed by atoms with E-state index in [-0.39, 0.29) is 18.5 Å². The first kappa shape index (κ1) is 32.3. The molecule has 1 saturated heterocycles. The van der Waals surface area contributed by atoms with E-state index < -0.39 is 0 Å². The summed E-state index contributed by atoms with van der Waals surface area (Å²) < 4.78 is 15.6. The lowest BCUT2D eigenvalue weighted by molar-refractivity contribution is 0.203. The van der Waals surface area contributed by atoms with E-state index in [1.165, 1.54) is 21.9 Å². The zero-order chi connectivity index (χ0) is 37.5. The summed E-state index contributed by atoms with van der Waals surface area (Å²) in [6.07, 6.45) is -0.190. The van der Waals surface area contributed by atoms with E-state index in [2.05, 4.69) is 203 Å². The highest BCUT2D eigenvalue weighted by atomic mass is 16.3. The van der Waals surface area contributed by atoms with E-state index in [4.69, 9.17) is 8.83 Å². The monoisotopic (exact) mass is 736 g/mol. The molecule has 57 heavy (non-hydrogen) atoms. The third-order valence-electron chi connectivity index (χ3n) is 11.7. The average molecular weight is 737 g/mol. The molecule has 0 bridgehead atoms. The van der Waals surface area contributed by atoms with Crippen molar-refractivity contribution in [1.29, 1.82) is 0 Å². The van der Waals surface area contributed by atoms with Crippen molar-refractivity contribution in [2.24, 2.45) is 0 Å². The van der Waals surface area contributed by atoms with E-state index in [1.807, 2.05) is 0 Å². The number of nitrogens with one attached hydrogen (secondary N) is 3. The lowest BCUT2D eigenvalue weighted by atomic mass is 10.00. The van der Waals surface area contributed by atoms with Crippen LogP contribution in [0, 0.1) is 0 Å². The molecule has 8 aromatic carbocycles. The van der Waals surface area contributed by atoms with Crippen molar-refractivity contribution in [1.82, 2.24) is 20.5 Å². The molecule has 2 atom stereocenters. The van der Waals surface area contributed by atoms with Gasteiger partial charge in [0.1, 0.15) is 16.7 Å². The summed E-state index contributed by atoms with van der Waals surface area (Å²) >= 11 is 0. The highest BCUT2D eigenvalue weighted by Gasteiger charge is 2.30. The van der Waals surface area contributed by atoms with Gasteiger partial charge in [0.2, 0.25) is 0 Å². The van der Waals surface area contributed by atoms with Crippen molar-refractivity contribution in [3.63, 3.8) is 0 Å². The van der Waals surface area contributed by atoms with Gasteiger partial charge in [0.05, 0.1) is 35.2 Å². The Morgan fingerprint density at radius 3 is 1.51 bits per heavy atom. The minimum atomic E-state index is -0.109. The van der Waals surface area contributed by atoms with Crippen molar-refractivity contribution in [3.05, 3.63) is 199 Å². The molecule has 0 spiro atoms. The van der Waals surface area contributed by atoms with Crippen LogP contribution in [0.25, 0.3) is 82.5 Å². The first-order valence-corrected chi connectivity index (χ1v) is 19.5. The van der Waals surface area contributed by atoms with Crippen molar-refractivity contribution in [2.45, 2.75) is 18.5 Å². The van der Waals surface area contributed by atoms with Crippen LogP contribution >= 0.6 is 0 Å². The number of furan rings is 2.